The van der Waals surface area contributed by atoms with E-state index in [-0.39, 0.29) is 11.9 Å². The molecule has 1 aromatic heterocycles. The third kappa shape index (κ3) is 5.49. The molecule has 1 heterocycles. The maximum absolute atomic E-state index is 11.4. The van der Waals surface area contributed by atoms with Gasteiger partial charge < -0.3 is 10.1 Å². The Morgan fingerprint density at radius 1 is 1.47 bits per heavy atom. The smallest absolute Gasteiger partial charge is 0.407 e. The Hall–Kier alpha value is -1.36. The molecule has 0 saturated carbocycles. The van der Waals surface area contributed by atoms with Gasteiger partial charge in [-0.2, -0.15) is 0 Å². The van der Waals surface area contributed by atoms with E-state index in [1.165, 1.54) is 6.33 Å². The van der Waals surface area contributed by atoms with Crippen molar-refractivity contribution in [1.29, 1.82) is 0 Å². The molecule has 0 fully saturated rings. The van der Waals surface area contributed by atoms with Crippen LogP contribution < -0.4 is 5.32 Å². The van der Waals surface area contributed by atoms with Gasteiger partial charge in [0.05, 0.1) is 5.38 Å². The second kappa shape index (κ2) is 5.82. The molecular weight excluding hydrogens is 242 g/mol. The third-order valence-electron chi connectivity index (χ3n) is 1.77. The molecule has 1 amide bonds. The summed E-state index contributed by atoms with van der Waals surface area (Å²) in [4.78, 5) is 19.1. The molecule has 0 bridgehead atoms. The monoisotopic (exact) mass is 257 g/mol. The highest BCUT2D eigenvalue weighted by Crippen LogP contribution is 2.17. The van der Waals surface area contributed by atoms with Crippen molar-refractivity contribution in [2.75, 3.05) is 6.54 Å². The van der Waals surface area contributed by atoms with E-state index >= 15 is 0 Å². The highest BCUT2D eigenvalue weighted by atomic mass is 35.5. The van der Waals surface area contributed by atoms with Gasteiger partial charge in [0.2, 0.25) is 0 Å². The van der Waals surface area contributed by atoms with Crippen molar-refractivity contribution in [2.45, 2.75) is 31.7 Å². The molecule has 17 heavy (non-hydrogen) atoms. The molecular formula is C11H16ClN3O2. The molecule has 0 aliphatic rings. The van der Waals surface area contributed by atoms with Gasteiger partial charge in [0.25, 0.3) is 0 Å². The van der Waals surface area contributed by atoms with Gasteiger partial charge >= 0.3 is 6.09 Å². The number of halogens is 1. The SMILES string of the molecule is CC(C)(C)OC(=O)NCC(Cl)c1cncnc1. The van der Waals surface area contributed by atoms with Gasteiger partial charge in [0.15, 0.2) is 0 Å². The van der Waals surface area contributed by atoms with Crippen LogP contribution in [0.25, 0.3) is 0 Å². The summed E-state index contributed by atoms with van der Waals surface area (Å²) in [5, 5.41) is 2.22. The first-order valence-electron chi connectivity index (χ1n) is 5.24. The minimum absolute atomic E-state index is 0.268. The van der Waals surface area contributed by atoms with Crippen LogP contribution >= 0.6 is 11.6 Å². The van der Waals surface area contributed by atoms with Crippen LogP contribution in [-0.2, 0) is 4.74 Å². The fourth-order valence-corrected chi connectivity index (χ4v) is 1.27. The number of rotatable bonds is 3. The summed E-state index contributed by atoms with van der Waals surface area (Å²) in [6.45, 7) is 5.67. The lowest BCUT2D eigenvalue weighted by atomic mass is 10.2. The zero-order valence-corrected chi connectivity index (χ0v) is 10.9. The molecule has 0 spiro atoms. The Balaban J connectivity index is 2.39. The molecule has 1 aromatic rings. The van der Waals surface area contributed by atoms with Gasteiger partial charge in [-0.1, -0.05) is 0 Å². The van der Waals surface area contributed by atoms with Gasteiger partial charge in [0.1, 0.15) is 11.9 Å². The maximum Gasteiger partial charge on any atom is 0.407 e. The summed E-state index contributed by atoms with van der Waals surface area (Å²) in [6, 6.07) is 0. The quantitative estimate of drug-likeness (QED) is 0.844. The van der Waals surface area contributed by atoms with Crippen LogP contribution in [0, 0.1) is 0 Å². The van der Waals surface area contributed by atoms with Crippen LogP contribution in [0.1, 0.15) is 31.7 Å². The molecule has 0 aromatic carbocycles. The number of nitrogens with one attached hydrogen (secondary N) is 1. The van der Waals surface area contributed by atoms with E-state index in [0.29, 0.717) is 0 Å². The van der Waals surface area contributed by atoms with Gasteiger partial charge in [-0.05, 0) is 20.8 Å². The molecule has 0 aliphatic heterocycles. The second-order valence-corrected chi connectivity index (χ2v) is 5.05. The summed E-state index contributed by atoms with van der Waals surface area (Å²) in [5.74, 6) is 0. The number of hydrogen-bond donors (Lipinski definition) is 1. The van der Waals surface area contributed by atoms with Crippen molar-refractivity contribution in [3.8, 4) is 0 Å². The maximum atomic E-state index is 11.4. The van der Waals surface area contributed by atoms with E-state index in [4.69, 9.17) is 16.3 Å². The third-order valence-corrected chi connectivity index (χ3v) is 2.17. The number of aromatic nitrogens is 2. The van der Waals surface area contributed by atoms with Crippen LogP contribution in [0.3, 0.4) is 0 Å². The van der Waals surface area contributed by atoms with Gasteiger partial charge in [-0.3, -0.25) is 0 Å². The van der Waals surface area contributed by atoms with Crippen molar-refractivity contribution in [3.63, 3.8) is 0 Å². The lowest BCUT2D eigenvalue weighted by Crippen LogP contribution is -2.34. The Morgan fingerprint density at radius 2 is 2.06 bits per heavy atom. The number of alkyl halides is 1. The Morgan fingerprint density at radius 3 is 2.59 bits per heavy atom. The first kappa shape index (κ1) is 13.7. The normalized spacial score (nSPS) is 12.9. The highest BCUT2D eigenvalue weighted by molar-refractivity contribution is 6.21. The molecule has 1 rings (SSSR count). The molecule has 94 valence electrons. The molecule has 0 radical (unpaired) electrons. The molecule has 5 nitrogen and oxygen atoms in total. The summed E-state index contributed by atoms with van der Waals surface area (Å²) < 4.78 is 5.08. The van der Waals surface area contributed by atoms with Crippen LogP contribution in [0.2, 0.25) is 0 Å². The fourth-order valence-electron chi connectivity index (χ4n) is 1.08. The average molecular weight is 258 g/mol. The number of ether oxygens (including phenoxy) is 1. The van der Waals surface area contributed by atoms with Crippen molar-refractivity contribution < 1.29 is 9.53 Å². The van der Waals surface area contributed by atoms with E-state index in [0.717, 1.165) is 5.56 Å². The number of carbonyl (C=O) groups is 1. The Bertz CT molecular complexity index is 365. The second-order valence-electron chi connectivity index (χ2n) is 4.52. The molecule has 1 unspecified atom stereocenters. The minimum atomic E-state index is -0.512. The van der Waals surface area contributed by atoms with Crippen molar-refractivity contribution in [3.05, 3.63) is 24.3 Å². The summed E-state index contributed by atoms with van der Waals surface area (Å²) in [6.07, 6.45) is 4.16. The molecule has 6 heteroatoms. The van der Waals surface area contributed by atoms with Crippen molar-refractivity contribution in [2.24, 2.45) is 0 Å². The number of alkyl carbamates (subject to hydrolysis) is 1. The number of nitrogens with zero attached hydrogens (tertiary/aromatic N) is 2. The van der Waals surface area contributed by atoms with Crippen molar-refractivity contribution >= 4 is 17.7 Å². The molecule has 1 atom stereocenters. The fraction of sp³-hybridized carbons (Fsp3) is 0.545. The van der Waals surface area contributed by atoms with E-state index in [9.17, 15) is 4.79 Å². The Kier molecular flexibility index (Phi) is 4.69. The van der Waals surface area contributed by atoms with Crippen LogP contribution in [-0.4, -0.2) is 28.2 Å². The number of amides is 1. The predicted octanol–water partition coefficient (Wildman–Crippen LogP) is 2.28. The van der Waals surface area contributed by atoms with Gasteiger partial charge in [0, 0.05) is 24.5 Å². The summed E-state index contributed by atoms with van der Waals surface area (Å²) in [5.41, 5.74) is 0.243. The van der Waals surface area contributed by atoms with Gasteiger partial charge in [-0.15, -0.1) is 11.6 Å². The van der Waals surface area contributed by atoms with Crippen molar-refractivity contribution in [1.82, 2.24) is 15.3 Å². The zero-order chi connectivity index (χ0) is 12.9. The summed E-state index contributed by atoms with van der Waals surface area (Å²) >= 11 is 6.07. The lowest BCUT2D eigenvalue weighted by molar-refractivity contribution is 0.0528. The number of carbonyl (C=O) groups excluding carboxylic acids is 1. The standard InChI is InChI=1S/C11H16ClN3O2/c1-11(2,3)17-10(16)15-6-9(12)8-4-13-7-14-5-8/h4-5,7,9H,6H2,1-3H3,(H,15,16). The molecule has 0 saturated heterocycles. The number of hydrogen-bond acceptors (Lipinski definition) is 4. The molecule has 0 aliphatic carbocycles. The summed E-state index contributed by atoms with van der Waals surface area (Å²) in [7, 11) is 0. The first-order valence-corrected chi connectivity index (χ1v) is 5.68. The van der Waals surface area contributed by atoms with Gasteiger partial charge in [-0.25, -0.2) is 14.8 Å². The van der Waals surface area contributed by atoms with E-state index < -0.39 is 11.7 Å². The first-order chi connectivity index (χ1) is 7.88. The van der Waals surface area contributed by atoms with E-state index in [2.05, 4.69) is 15.3 Å². The van der Waals surface area contributed by atoms with Crippen LogP contribution in [0.15, 0.2) is 18.7 Å². The largest absolute Gasteiger partial charge is 0.444 e. The van der Waals surface area contributed by atoms with E-state index in [1.54, 1.807) is 33.2 Å². The zero-order valence-electron chi connectivity index (χ0n) is 10.1. The molecule has 1 N–H and O–H groups in total. The lowest BCUT2D eigenvalue weighted by Gasteiger charge is -2.20. The predicted molar refractivity (Wildman–Crippen MR) is 64.9 cm³/mol. The minimum Gasteiger partial charge on any atom is -0.444 e. The average Bonchev–Trinajstić information content (AvgIpc) is 2.25. The Labute approximate surface area is 106 Å². The highest BCUT2D eigenvalue weighted by Gasteiger charge is 2.17. The van der Waals surface area contributed by atoms with Crippen LogP contribution in [0.4, 0.5) is 4.79 Å². The topological polar surface area (TPSA) is 64.1 Å². The van der Waals surface area contributed by atoms with Crippen LogP contribution in [0.5, 0.6) is 0 Å². The van der Waals surface area contributed by atoms with E-state index in [1.807, 2.05) is 0 Å².